The number of aliphatic hydroxyl groups is 1. The van der Waals surface area contributed by atoms with Gasteiger partial charge in [-0.2, -0.15) is 0 Å². The van der Waals surface area contributed by atoms with Gasteiger partial charge in [0, 0.05) is 30.4 Å². The Balaban J connectivity index is 2.74. The lowest BCUT2D eigenvalue weighted by atomic mass is 9.95. The molecule has 0 aliphatic heterocycles. The molecule has 0 radical (unpaired) electrons. The first kappa shape index (κ1) is 15.7. The van der Waals surface area contributed by atoms with E-state index in [0.29, 0.717) is 12.1 Å². The van der Waals surface area contributed by atoms with Crippen LogP contribution in [0.1, 0.15) is 24.2 Å². The fourth-order valence-electron chi connectivity index (χ4n) is 1.33. The van der Waals surface area contributed by atoms with Crippen LogP contribution in [0.3, 0.4) is 0 Å². The van der Waals surface area contributed by atoms with Gasteiger partial charge in [-0.05, 0) is 24.3 Å². The average Bonchev–Trinajstić information content (AvgIpc) is 2.35. The van der Waals surface area contributed by atoms with E-state index in [1.165, 1.54) is 24.3 Å². The number of hydrogen-bond acceptors (Lipinski definition) is 4. The van der Waals surface area contributed by atoms with Crippen molar-refractivity contribution in [2.24, 2.45) is 5.41 Å². The largest absolute Gasteiger partial charge is 0.396 e. The van der Waals surface area contributed by atoms with Gasteiger partial charge in [-0.1, -0.05) is 13.8 Å². The molecule has 2 N–H and O–H groups in total. The van der Waals surface area contributed by atoms with Crippen LogP contribution in [0.5, 0.6) is 0 Å². The summed E-state index contributed by atoms with van der Waals surface area (Å²) in [7, 11) is -3.25. The average molecular weight is 285 g/mol. The number of benzene rings is 1. The van der Waals surface area contributed by atoms with Gasteiger partial charge in [0.15, 0.2) is 9.84 Å². The van der Waals surface area contributed by atoms with Crippen LogP contribution in [0, 0.1) is 5.41 Å². The number of hydrogen-bond donors (Lipinski definition) is 2. The third-order valence-electron chi connectivity index (χ3n) is 2.70. The first-order valence-corrected chi connectivity index (χ1v) is 7.74. The fourth-order valence-corrected chi connectivity index (χ4v) is 1.96. The summed E-state index contributed by atoms with van der Waals surface area (Å²) in [5, 5.41) is 11.8. The second-order valence-electron chi connectivity index (χ2n) is 5.30. The summed E-state index contributed by atoms with van der Waals surface area (Å²) >= 11 is 0. The number of sulfone groups is 1. The van der Waals surface area contributed by atoms with Crippen molar-refractivity contribution in [3.05, 3.63) is 29.8 Å². The van der Waals surface area contributed by atoms with Gasteiger partial charge < -0.3 is 10.4 Å². The maximum Gasteiger partial charge on any atom is 0.251 e. The maximum absolute atomic E-state index is 11.8. The minimum atomic E-state index is -3.25. The molecule has 1 rings (SSSR count). The van der Waals surface area contributed by atoms with Gasteiger partial charge >= 0.3 is 0 Å². The van der Waals surface area contributed by atoms with Crippen LogP contribution in [-0.4, -0.2) is 38.8 Å². The molecule has 0 heterocycles. The summed E-state index contributed by atoms with van der Waals surface area (Å²) in [6, 6.07) is 5.75. The molecule has 0 atom stereocenters. The molecule has 1 aromatic carbocycles. The minimum absolute atomic E-state index is 0.0275. The normalized spacial score (nSPS) is 12.2. The second-order valence-corrected chi connectivity index (χ2v) is 7.32. The smallest absolute Gasteiger partial charge is 0.251 e. The van der Waals surface area contributed by atoms with Crippen molar-refractivity contribution in [1.29, 1.82) is 0 Å². The van der Waals surface area contributed by atoms with E-state index < -0.39 is 9.84 Å². The molecular weight excluding hydrogens is 266 g/mol. The molecule has 106 valence electrons. The lowest BCUT2D eigenvalue weighted by Gasteiger charge is -2.21. The van der Waals surface area contributed by atoms with Gasteiger partial charge in [0.1, 0.15) is 0 Å². The molecule has 6 heteroatoms. The van der Waals surface area contributed by atoms with Crippen molar-refractivity contribution in [3.63, 3.8) is 0 Å². The van der Waals surface area contributed by atoms with Crippen molar-refractivity contribution in [2.75, 3.05) is 19.4 Å². The molecule has 1 amide bonds. The van der Waals surface area contributed by atoms with Gasteiger partial charge in [-0.3, -0.25) is 4.79 Å². The quantitative estimate of drug-likeness (QED) is 0.839. The van der Waals surface area contributed by atoms with Gasteiger partial charge in [-0.25, -0.2) is 8.42 Å². The molecular formula is C13H19NO4S. The number of carbonyl (C=O) groups excluding carboxylic acids is 1. The number of aliphatic hydroxyl groups excluding tert-OH is 1. The number of carbonyl (C=O) groups is 1. The lowest BCUT2D eigenvalue weighted by Crippen LogP contribution is -2.36. The van der Waals surface area contributed by atoms with E-state index in [9.17, 15) is 13.2 Å². The fraction of sp³-hybridized carbons (Fsp3) is 0.462. The minimum Gasteiger partial charge on any atom is -0.396 e. The molecule has 5 nitrogen and oxygen atoms in total. The number of rotatable bonds is 5. The van der Waals surface area contributed by atoms with E-state index in [1.807, 2.05) is 13.8 Å². The predicted molar refractivity (Wildman–Crippen MR) is 72.8 cm³/mol. The molecule has 0 saturated carbocycles. The Bertz CT molecular complexity index is 547. The Labute approximate surface area is 113 Å². The molecule has 0 bridgehead atoms. The van der Waals surface area contributed by atoms with Crippen LogP contribution in [0.25, 0.3) is 0 Å². The highest BCUT2D eigenvalue weighted by molar-refractivity contribution is 7.90. The zero-order chi connectivity index (χ0) is 14.7. The van der Waals surface area contributed by atoms with E-state index in [1.54, 1.807) is 0 Å². The SMILES string of the molecule is CC(C)(CO)CNC(=O)c1ccc(S(C)(=O)=O)cc1. The lowest BCUT2D eigenvalue weighted by molar-refractivity contribution is 0.0911. The zero-order valence-electron chi connectivity index (χ0n) is 11.3. The molecule has 0 aliphatic rings. The van der Waals surface area contributed by atoms with Crippen molar-refractivity contribution in [3.8, 4) is 0 Å². The van der Waals surface area contributed by atoms with Gasteiger partial charge in [0.2, 0.25) is 0 Å². The topological polar surface area (TPSA) is 83.5 Å². The molecule has 0 unspecified atom stereocenters. The molecule has 0 spiro atoms. The first-order valence-electron chi connectivity index (χ1n) is 5.85. The van der Waals surface area contributed by atoms with Crippen LogP contribution >= 0.6 is 0 Å². The van der Waals surface area contributed by atoms with E-state index >= 15 is 0 Å². The monoisotopic (exact) mass is 285 g/mol. The van der Waals surface area contributed by atoms with Crippen LogP contribution in [-0.2, 0) is 9.84 Å². The summed E-state index contributed by atoms with van der Waals surface area (Å²) in [6.07, 6.45) is 1.12. The summed E-state index contributed by atoms with van der Waals surface area (Å²) in [5.41, 5.74) is 0.00340. The number of amides is 1. The van der Waals surface area contributed by atoms with Crippen LogP contribution in [0.2, 0.25) is 0 Å². The number of nitrogens with one attached hydrogen (secondary N) is 1. The van der Waals surface area contributed by atoms with Crippen molar-refractivity contribution in [1.82, 2.24) is 5.32 Å². The van der Waals surface area contributed by atoms with Crippen molar-refractivity contribution < 1.29 is 18.3 Å². The Morgan fingerprint density at radius 1 is 1.26 bits per heavy atom. The standard InChI is InChI=1S/C13H19NO4S/c1-13(2,9-15)8-14-12(16)10-4-6-11(7-5-10)19(3,17)18/h4-7,15H,8-9H2,1-3H3,(H,14,16). The van der Waals surface area contributed by atoms with Gasteiger partial charge in [-0.15, -0.1) is 0 Å². The highest BCUT2D eigenvalue weighted by Crippen LogP contribution is 2.13. The first-order chi connectivity index (χ1) is 8.65. The van der Waals surface area contributed by atoms with Crippen molar-refractivity contribution >= 4 is 15.7 Å². The van der Waals surface area contributed by atoms with Crippen molar-refractivity contribution in [2.45, 2.75) is 18.7 Å². The van der Waals surface area contributed by atoms with E-state index in [4.69, 9.17) is 5.11 Å². The Morgan fingerprint density at radius 3 is 2.21 bits per heavy atom. The van der Waals surface area contributed by atoms with Crippen LogP contribution < -0.4 is 5.32 Å². The summed E-state index contributed by atoms with van der Waals surface area (Å²) in [6.45, 7) is 3.98. The highest BCUT2D eigenvalue weighted by atomic mass is 32.2. The van der Waals surface area contributed by atoms with Gasteiger partial charge in [0.05, 0.1) is 4.90 Å². The molecule has 0 fully saturated rings. The Hall–Kier alpha value is -1.40. The van der Waals surface area contributed by atoms with Crippen LogP contribution in [0.4, 0.5) is 0 Å². The summed E-state index contributed by atoms with van der Waals surface area (Å²) < 4.78 is 22.6. The second kappa shape index (κ2) is 5.71. The molecule has 0 aliphatic carbocycles. The summed E-state index contributed by atoms with van der Waals surface area (Å²) in [4.78, 5) is 12.0. The van der Waals surface area contributed by atoms with Crippen LogP contribution in [0.15, 0.2) is 29.2 Å². The third kappa shape index (κ3) is 4.65. The molecule has 0 saturated heterocycles. The molecule has 19 heavy (non-hydrogen) atoms. The van der Waals surface area contributed by atoms with E-state index in [2.05, 4.69) is 5.32 Å². The predicted octanol–water partition coefficient (Wildman–Crippen LogP) is 0.838. The van der Waals surface area contributed by atoms with E-state index in [0.717, 1.165) is 6.26 Å². The Morgan fingerprint density at radius 2 is 1.79 bits per heavy atom. The molecule has 1 aromatic rings. The highest BCUT2D eigenvalue weighted by Gasteiger charge is 2.18. The zero-order valence-corrected chi connectivity index (χ0v) is 12.1. The Kier molecular flexibility index (Phi) is 4.70. The molecule has 0 aromatic heterocycles. The van der Waals surface area contributed by atoms with E-state index in [-0.39, 0.29) is 22.8 Å². The summed E-state index contributed by atoms with van der Waals surface area (Å²) in [5.74, 6) is -0.290. The maximum atomic E-state index is 11.8. The third-order valence-corrected chi connectivity index (χ3v) is 3.83. The van der Waals surface area contributed by atoms with Gasteiger partial charge in [0.25, 0.3) is 5.91 Å².